The Hall–Kier alpha value is -3.42. The van der Waals surface area contributed by atoms with Crippen LogP contribution < -0.4 is 10.1 Å². The van der Waals surface area contributed by atoms with Crippen molar-refractivity contribution >= 4 is 23.5 Å². The average Bonchev–Trinajstić information content (AvgIpc) is 2.87. The molecule has 1 aromatic heterocycles. The highest BCUT2D eigenvalue weighted by Crippen LogP contribution is 2.24. The maximum absolute atomic E-state index is 13.0. The summed E-state index contributed by atoms with van der Waals surface area (Å²) < 4.78 is 5.73. The van der Waals surface area contributed by atoms with Gasteiger partial charge in [-0.1, -0.05) is 0 Å². The largest absolute Gasteiger partial charge is 0.484 e. The number of piperidine rings is 2. The van der Waals surface area contributed by atoms with E-state index in [4.69, 9.17) is 4.74 Å². The van der Waals surface area contributed by atoms with Gasteiger partial charge >= 0.3 is 0 Å². The monoisotopic (exact) mass is 492 g/mol. The fraction of sp³-hybridized carbons (Fsp3) is 0.500. The predicted molar refractivity (Wildman–Crippen MR) is 138 cm³/mol. The van der Waals surface area contributed by atoms with Gasteiger partial charge in [0.1, 0.15) is 11.6 Å². The van der Waals surface area contributed by atoms with E-state index < -0.39 is 0 Å². The highest BCUT2D eigenvalue weighted by Gasteiger charge is 2.30. The number of amides is 3. The van der Waals surface area contributed by atoms with E-state index in [2.05, 4.69) is 24.1 Å². The summed E-state index contributed by atoms with van der Waals surface area (Å²) >= 11 is 0. The molecule has 2 atom stereocenters. The highest BCUT2D eigenvalue weighted by molar-refractivity contribution is 5.95. The molecule has 2 fully saturated rings. The average molecular weight is 493 g/mol. The summed E-state index contributed by atoms with van der Waals surface area (Å²) in [6.45, 7) is 7.18. The van der Waals surface area contributed by atoms with Crippen LogP contribution in [0.15, 0.2) is 42.6 Å². The smallest absolute Gasteiger partial charge is 0.260 e. The first kappa shape index (κ1) is 25.7. The molecule has 1 aromatic carbocycles. The van der Waals surface area contributed by atoms with Crippen molar-refractivity contribution in [1.29, 1.82) is 0 Å². The van der Waals surface area contributed by atoms with Crippen molar-refractivity contribution in [3.05, 3.63) is 53.7 Å². The van der Waals surface area contributed by atoms with Gasteiger partial charge in [0.15, 0.2) is 6.61 Å². The van der Waals surface area contributed by atoms with Gasteiger partial charge in [-0.2, -0.15) is 0 Å². The quantitative estimate of drug-likeness (QED) is 0.657. The molecule has 2 aliphatic heterocycles. The molecule has 1 N–H and O–H groups in total. The van der Waals surface area contributed by atoms with E-state index in [1.54, 1.807) is 35.4 Å². The molecule has 3 heterocycles. The number of anilines is 1. The first-order valence-corrected chi connectivity index (χ1v) is 12.9. The Morgan fingerprint density at radius 3 is 2.31 bits per heavy atom. The van der Waals surface area contributed by atoms with Crippen LogP contribution in [0.3, 0.4) is 0 Å². The van der Waals surface area contributed by atoms with Gasteiger partial charge in [0.2, 0.25) is 5.91 Å². The molecule has 8 heteroatoms. The number of carbonyl (C=O) groups is 3. The van der Waals surface area contributed by atoms with Gasteiger partial charge in [0, 0.05) is 42.9 Å². The van der Waals surface area contributed by atoms with Gasteiger partial charge in [0.05, 0.1) is 0 Å². The Bertz CT molecular complexity index is 1070. The number of benzene rings is 1. The SMILES string of the molecule is Cc1ccnc(NC(=O)C2CCN(C(=O)c3ccc(OCC(=O)N4C(C)CCCC4C)cc3)CC2)c1. The van der Waals surface area contributed by atoms with E-state index in [1.807, 2.05) is 24.0 Å². The van der Waals surface area contributed by atoms with Crippen LogP contribution in [0.4, 0.5) is 5.82 Å². The van der Waals surface area contributed by atoms with Crippen molar-refractivity contribution < 1.29 is 19.1 Å². The molecule has 0 radical (unpaired) electrons. The number of carbonyl (C=O) groups excluding carboxylic acids is 3. The Morgan fingerprint density at radius 2 is 1.67 bits per heavy atom. The van der Waals surface area contributed by atoms with Crippen molar-refractivity contribution in [1.82, 2.24) is 14.8 Å². The van der Waals surface area contributed by atoms with Gasteiger partial charge in [-0.3, -0.25) is 14.4 Å². The topological polar surface area (TPSA) is 91.8 Å². The van der Waals surface area contributed by atoms with E-state index in [1.165, 1.54) is 0 Å². The minimum atomic E-state index is -0.144. The number of rotatable bonds is 6. The molecule has 2 aliphatic rings. The third kappa shape index (κ3) is 6.22. The normalized spacial score (nSPS) is 20.6. The van der Waals surface area contributed by atoms with E-state index in [0.29, 0.717) is 43.1 Å². The highest BCUT2D eigenvalue weighted by atomic mass is 16.5. The number of likely N-dealkylation sites (tertiary alicyclic amines) is 2. The first-order chi connectivity index (χ1) is 17.3. The van der Waals surface area contributed by atoms with Gasteiger partial charge in [-0.15, -0.1) is 0 Å². The second-order valence-electron chi connectivity index (χ2n) is 10.0. The zero-order valence-corrected chi connectivity index (χ0v) is 21.4. The fourth-order valence-electron chi connectivity index (χ4n) is 5.19. The summed E-state index contributed by atoms with van der Waals surface area (Å²) in [5.41, 5.74) is 1.61. The number of nitrogens with one attached hydrogen (secondary N) is 1. The molecule has 192 valence electrons. The Balaban J connectivity index is 1.25. The van der Waals surface area contributed by atoms with Gasteiger partial charge in [0.25, 0.3) is 11.8 Å². The summed E-state index contributed by atoms with van der Waals surface area (Å²) in [6.07, 6.45) is 6.10. The summed E-state index contributed by atoms with van der Waals surface area (Å²) in [7, 11) is 0. The molecule has 36 heavy (non-hydrogen) atoms. The summed E-state index contributed by atoms with van der Waals surface area (Å²) in [5, 5.41) is 2.89. The van der Waals surface area contributed by atoms with Gasteiger partial charge < -0.3 is 19.9 Å². The zero-order chi connectivity index (χ0) is 25.7. The lowest BCUT2D eigenvalue weighted by atomic mass is 9.95. The molecule has 8 nitrogen and oxygen atoms in total. The number of aryl methyl sites for hydroxylation is 1. The van der Waals surface area contributed by atoms with Crippen LogP contribution in [-0.4, -0.2) is 64.3 Å². The van der Waals surface area contributed by atoms with Crippen LogP contribution >= 0.6 is 0 Å². The van der Waals surface area contributed by atoms with Crippen molar-refractivity contribution in [3.8, 4) is 5.75 Å². The van der Waals surface area contributed by atoms with Crippen molar-refractivity contribution in [2.45, 2.75) is 65.0 Å². The Kier molecular flexibility index (Phi) is 8.23. The van der Waals surface area contributed by atoms with Crippen LogP contribution in [0.25, 0.3) is 0 Å². The van der Waals surface area contributed by atoms with Gasteiger partial charge in [-0.25, -0.2) is 4.98 Å². The van der Waals surface area contributed by atoms with Crippen LogP contribution in [0, 0.1) is 12.8 Å². The Labute approximate surface area is 213 Å². The summed E-state index contributed by atoms with van der Waals surface area (Å²) in [4.78, 5) is 46.2. The lowest BCUT2D eigenvalue weighted by Crippen LogP contribution is -2.49. The maximum Gasteiger partial charge on any atom is 0.260 e. The number of hydrogen-bond acceptors (Lipinski definition) is 5. The first-order valence-electron chi connectivity index (χ1n) is 12.9. The van der Waals surface area contributed by atoms with E-state index >= 15 is 0 Å². The van der Waals surface area contributed by atoms with Crippen LogP contribution in [0.2, 0.25) is 0 Å². The van der Waals surface area contributed by atoms with Crippen LogP contribution in [-0.2, 0) is 9.59 Å². The third-order valence-corrected chi connectivity index (χ3v) is 7.26. The zero-order valence-electron chi connectivity index (χ0n) is 21.4. The van der Waals surface area contributed by atoms with Crippen LogP contribution in [0.1, 0.15) is 61.9 Å². The van der Waals surface area contributed by atoms with Crippen molar-refractivity contribution in [2.24, 2.45) is 5.92 Å². The molecule has 2 saturated heterocycles. The number of aromatic nitrogens is 1. The van der Waals surface area contributed by atoms with Crippen molar-refractivity contribution in [2.75, 3.05) is 25.0 Å². The van der Waals surface area contributed by atoms with Gasteiger partial charge in [-0.05, 0) is 94.8 Å². The standard InChI is InChI=1S/C28H36N4O4/c1-19-11-14-29-25(17-19)30-27(34)22-12-15-31(16-13-22)28(35)23-7-9-24(10-8-23)36-18-26(33)32-20(2)5-4-6-21(32)3/h7-11,14,17,20-22H,4-6,12-13,15-16,18H2,1-3H3,(H,29,30,34). The molecule has 0 saturated carbocycles. The molecule has 0 spiro atoms. The number of nitrogens with zero attached hydrogens (tertiary/aromatic N) is 3. The maximum atomic E-state index is 13.0. The van der Waals surface area contributed by atoms with E-state index in [9.17, 15) is 14.4 Å². The molecule has 3 amide bonds. The number of pyridine rings is 1. The second-order valence-corrected chi connectivity index (χ2v) is 10.0. The minimum absolute atomic E-state index is 0.0000547. The van der Waals surface area contributed by atoms with Crippen LogP contribution in [0.5, 0.6) is 5.75 Å². The molecular formula is C28H36N4O4. The molecule has 2 unspecified atom stereocenters. The number of hydrogen-bond donors (Lipinski definition) is 1. The van der Waals surface area contributed by atoms with E-state index in [-0.39, 0.29) is 42.3 Å². The minimum Gasteiger partial charge on any atom is -0.484 e. The lowest BCUT2D eigenvalue weighted by Gasteiger charge is -2.38. The molecular weight excluding hydrogens is 456 g/mol. The summed E-state index contributed by atoms with van der Waals surface area (Å²) in [6, 6.07) is 11.1. The lowest BCUT2D eigenvalue weighted by molar-refractivity contribution is -0.139. The molecule has 0 aliphatic carbocycles. The third-order valence-electron chi connectivity index (χ3n) is 7.26. The van der Waals surface area contributed by atoms with Crippen molar-refractivity contribution in [3.63, 3.8) is 0 Å². The fourth-order valence-corrected chi connectivity index (χ4v) is 5.19. The Morgan fingerprint density at radius 1 is 1.00 bits per heavy atom. The summed E-state index contributed by atoms with van der Waals surface area (Å²) in [5.74, 6) is 0.868. The number of ether oxygens (including phenoxy) is 1. The molecule has 4 rings (SSSR count). The van der Waals surface area contributed by atoms with E-state index in [0.717, 1.165) is 24.8 Å². The molecule has 0 bridgehead atoms. The predicted octanol–water partition coefficient (Wildman–Crippen LogP) is 4.05. The second kappa shape index (κ2) is 11.5. The molecule has 2 aromatic rings.